The number of thioether (sulfide) groups is 1. The van der Waals surface area contributed by atoms with E-state index in [-0.39, 0.29) is 5.75 Å². The molecule has 0 aliphatic carbocycles. The van der Waals surface area contributed by atoms with E-state index in [9.17, 15) is 5.11 Å². The van der Waals surface area contributed by atoms with Gasteiger partial charge < -0.3 is 10.5 Å². The van der Waals surface area contributed by atoms with E-state index in [0.717, 1.165) is 39.0 Å². The second-order valence-electron chi connectivity index (χ2n) is 5.78. The number of hydrogen-bond acceptors (Lipinski definition) is 3. The van der Waals surface area contributed by atoms with Crippen LogP contribution in [0.1, 0.15) is 25.3 Å². The molecule has 0 saturated heterocycles. The second kappa shape index (κ2) is 7.54. The summed E-state index contributed by atoms with van der Waals surface area (Å²) in [5.41, 5.74) is 2.37. The number of phenolic OH excluding ortho intramolecular Hbond substituents is 1. The van der Waals surface area contributed by atoms with Gasteiger partial charge in [0.25, 0.3) is 0 Å². The Labute approximate surface area is 147 Å². The molecule has 3 aromatic carbocycles. The SMILES string of the molecule is CCCCSc1cc(C=N)c(O)c(-c2cccc3ccccc23)c1. The van der Waals surface area contributed by atoms with Gasteiger partial charge in [-0.1, -0.05) is 55.8 Å². The molecule has 0 unspecified atom stereocenters. The molecule has 0 aliphatic heterocycles. The largest absolute Gasteiger partial charge is 0.507 e. The zero-order chi connectivity index (χ0) is 16.9. The van der Waals surface area contributed by atoms with Crippen LogP contribution in [0.4, 0.5) is 0 Å². The average molecular weight is 335 g/mol. The van der Waals surface area contributed by atoms with Crippen LogP contribution in [-0.4, -0.2) is 17.1 Å². The van der Waals surface area contributed by atoms with Gasteiger partial charge in [-0.2, -0.15) is 0 Å². The third-order valence-electron chi connectivity index (χ3n) is 4.11. The monoisotopic (exact) mass is 335 g/mol. The molecule has 0 saturated carbocycles. The molecule has 3 rings (SSSR count). The first-order valence-corrected chi connectivity index (χ1v) is 9.21. The highest BCUT2D eigenvalue weighted by Crippen LogP contribution is 2.39. The predicted octanol–water partition coefficient (Wildman–Crippen LogP) is 6.10. The van der Waals surface area contributed by atoms with Gasteiger partial charge in [0.1, 0.15) is 5.75 Å². The van der Waals surface area contributed by atoms with Crippen LogP contribution in [0, 0.1) is 5.41 Å². The van der Waals surface area contributed by atoms with Gasteiger partial charge in [-0.25, -0.2) is 0 Å². The van der Waals surface area contributed by atoms with E-state index in [4.69, 9.17) is 5.41 Å². The predicted molar refractivity (Wildman–Crippen MR) is 105 cm³/mol. The Kier molecular flexibility index (Phi) is 5.21. The fourth-order valence-corrected chi connectivity index (χ4v) is 3.90. The Morgan fingerprint density at radius 1 is 1.04 bits per heavy atom. The van der Waals surface area contributed by atoms with Crippen LogP contribution in [0.3, 0.4) is 0 Å². The van der Waals surface area contributed by atoms with Crippen LogP contribution >= 0.6 is 11.8 Å². The van der Waals surface area contributed by atoms with Gasteiger partial charge in [0, 0.05) is 22.2 Å². The van der Waals surface area contributed by atoms with Gasteiger partial charge in [0.2, 0.25) is 0 Å². The van der Waals surface area contributed by atoms with Crippen LogP contribution in [0.25, 0.3) is 21.9 Å². The molecule has 0 radical (unpaired) electrons. The van der Waals surface area contributed by atoms with Crippen molar-refractivity contribution >= 4 is 28.7 Å². The van der Waals surface area contributed by atoms with Crippen molar-refractivity contribution < 1.29 is 5.11 Å². The van der Waals surface area contributed by atoms with Crippen molar-refractivity contribution in [2.75, 3.05) is 5.75 Å². The molecule has 24 heavy (non-hydrogen) atoms. The number of unbranched alkanes of at least 4 members (excludes halogenated alkanes) is 1. The standard InChI is InChI=1S/C21H21NOS/c1-2-3-11-24-17-12-16(14-22)21(23)20(13-17)19-10-6-8-15-7-4-5-9-18(15)19/h4-10,12-14,22-23H,2-3,11H2,1H3. The Hall–Kier alpha value is -2.26. The number of aromatic hydroxyl groups is 1. The lowest BCUT2D eigenvalue weighted by molar-refractivity contribution is 0.476. The summed E-state index contributed by atoms with van der Waals surface area (Å²) in [4.78, 5) is 1.10. The smallest absolute Gasteiger partial charge is 0.132 e. The minimum absolute atomic E-state index is 0.182. The van der Waals surface area contributed by atoms with Crippen molar-refractivity contribution in [1.82, 2.24) is 0 Å². The first kappa shape index (κ1) is 16.6. The van der Waals surface area contributed by atoms with Crippen molar-refractivity contribution in [1.29, 1.82) is 5.41 Å². The maximum absolute atomic E-state index is 10.6. The summed E-state index contributed by atoms with van der Waals surface area (Å²) in [6, 6.07) is 18.3. The van der Waals surface area contributed by atoms with Gasteiger partial charge in [-0.3, -0.25) is 0 Å². The highest BCUT2D eigenvalue weighted by atomic mass is 32.2. The number of phenols is 1. The summed E-state index contributed by atoms with van der Waals surface area (Å²) in [6.07, 6.45) is 3.56. The van der Waals surface area contributed by atoms with Gasteiger partial charge in [-0.15, -0.1) is 11.8 Å². The fourth-order valence-electron chi connectivity index (χ4n) is 2.82. The molecule has 0 bridgehead atoms. The number of fused-ring (bicyclic) bond motifs is 1. The summed E-state index contributed by atoms with van der Waals surface area (Å²) in [5.74, 6) is 1.23. The summed E-state index contributed by atoms with van der Waals surface area (Å²) in [6.45, 7) is 2.18. The molecule has 3 aromatic rings. The lowest BCUT2D eigenvalue weighted by atomic mass is 9.96. The number of nitrogens with one attached hydrogen (secondary N) is 1. The quantitative estimate of drug-likeness (QED) is 0.324. The Balaban J connectivity index is 2.14. The van der Waals surface area contributed by atoms with E-state index in [0.29, 0.717) is 5.56 Å². The molecule has 0 aromatic heterocycles. The van der Waals surface area contributed by atoms with Crippen molar-refractivity contribution in [2.45, 2.75) is 24.7 Å². The Bertz CT molecular complexity index is 868. The van der Waals surface area contributed by atoms with Gasteiger partial charge in [0.15, 0.2) is 0 Å². The lowest BCUT2D eigenvalue weighted by Crippen LogP contribution is -1.90. The molecule has 0 amide bonds. The summed E-state index contributed by atoms with van der Waals surface area (Å²) in [7, 11) is 0. The summed E-state index contributed by atoms with van der Waals surface area (Å²) in [5, 5.41) is 20.5. The maximum Gasteiger partial charge on any atom is 0.132 e. The normalized spacial score (nSPS) is 10.9. The molecule has 122 valence electrons. The highest BCUT2D eigenvalue weighted by molar-refractivity contribution is 7.99. The van der Waals surface area contributed by atoms with Crippen LogP contribution in [0.15, 0.2) is 59.5 Å². The molecule has 0 atom stereocenters. The third-order valence-corrected chi connectivity index (χ3v) is 5.18. The molecule has 0 spiro atoms. The third kappa shape index (κ3) is 3.31. The first-order chi connectivity index (χ1) is 11.7. The van der Waals surface area contributed by atoms with Crippen molar-refractivity contribution in [2.24, 2.45) is 0 Å². The average Bonchev–Trinajstić information content (AvgIpc) is 2.62. The number of rotatable bonds is 6. The fraction of sp³-hybridized carbons (Fsp3) is 0.190. The van der Waals surface area contributed by atoms with E-state index in [2.05, 4.69) is 25.1 Å². The van der Waals surface area contributed by atoms with Gasteiger partial charge >= 0.3 is 0 Å². The highest BCUT2D eigenvalue weighted by Gasteiger charge is 2.13. The van der Waals surface area contributed by atoms with E-state index >= 15 is 0 Å². The molecular formula is C21H21NOS. The zero-order valence-corrected chi connectivity index (χ0v) is 14.6. The van der Waals surface area contributed by atoms with E-state index in [1.807, 2.05) is 36.4 Å². The Morgan fingerprint density at radius 2 is 1.83 bits per heavy atom. The van der Waals surface area contributed by atoms with Crippen molar-refractivity contribution in [3.8, 4) is 16.9 Å². The van der Waals surface area contributed by atoms with E-state index in [1.54, 1.807) is 11.8 Å². The molecule has 0 heterocycles. The minimum Gasteiger partial charge on any atom is -0.507 e. The lowest BCUT2D eigenvalue weighted by Gasteiger charge is -2.13. The first-order valence-electron chi connectivity index (χ1n) is 8.23. The number of hydrogen-bond donors (Lipinski definition) is 2. The van der Waals surface area contributed by atoms with Crippen molar-refractivity contribution in [3.63, 3.8) is 0 Å². The van der Waals surface area contributed by atoms with Crippen LogP contribution in [-0.2, 0) is 0 Å². The molecule has 0 aliphatic rings. The topological polar surface area (TPSA) is 44.1 Å². The van der Waals surface area contributed by atoms with E-state index in [1.165, 1.54) is 12.6 Å². The van der Waals surface area contributed by atoms with Crippen molar-refractivity contribution in [3.05, 3.63) is 60.2 Å². The van der Waals surface area contributed by atoms with Crippen LogP contribution in [0.2, 0.25) is 0 Å². The molecular weight excluding hydrogens is 314 g/mol. The molecule has 0 fully saturated rings. The maximum atomic E-state index is 10.6. The van der Waals surface area contributed by atoms with E-state index < -0.39 is 0 Å². The van der Waals surface area contributed by atoms with Gasteiger partial charge in [-0.05, 0) is 40.6 Å². The second-order valence-corrected chi connectivity index (χ2v) is 6.95. The molecule has 2 N–H and O–H groups in total. The minimum atomic E-state index is 0.182. The summed E-state index contributed by atoms with van der Waals surface area (Å²) >= 11 is 1.78. The molecule has 2 nitrogen and oxygen atoms in total. The Morgan fingerprint density at radius 3 is 2.62 bits per heavy atom. The van der Waals surface area contributed by atoms with Crippen LogP contribution < -0.4 is 0 Å². The zero-order valence-electron chi connectivity index (χ0n) is 13.8. The van der Waals surface area contributed by atoms with Gasteiger partial charge in [0.05, 0.1) is 0 Å². The number of benzene rings is 3. The van der Waals surface area contributed by atoms with Crippen LogP contribution in [0.5, 0.6) is 5.75 Å². The summed E-state index contributed by atoms with van der Waals surface area (Å²) < 4.78 is 0. The molecule has 3 heteroatoms.